The van der Waals surface area contributed by atoms with Crippen LogP contribution in [-0.4, -0.2) is 22.8 Å². The van der Waals surface area contributed by atoms with Gasteiger partial charge < -0.3 is 10.1 Å². The Kier molecular flexibility index (Phi) is 6.72. The fourth-order valence-electron chi connectivity index (χ4n) is 5.79. The Morgan fingerprint density at radius 2 is 1.67 bits per heavy atom. The molecule has 36 heavy (non-hydrogen) atoms. The predicted molar refractivity (Wildman–Crippen MR) is 135 cm³/mol. The molecule has 1 aliphatic heterocycles. The Balaban J connectivity index is 1.53. The van der Waals surface area contributed by atoms with E-state index in [1.807, 2.05) is 37.3 Å². The van der Waals surface area contributed by atoms with Gasteiger partial charge in [-0.3, -0.25) is 14.9 Å². The van der Waals surface area contributed by atoms with Gasteiger partial charge in [0.2, 0.25) is 0 Å². The van der Waals surface area contributed by atoms with Gasteiger partial charge in [-0.2, -0.15) is 0 Å². The summed E-state index contributed by atoms with van der Waals surface area (Å²) in [7, 11) is 0. The van der Waals surface area contributed by atoms with Crippen LogP contribution in [-0.2, 0) is 14.3 Å². The summed E-state index contributed by atoms with van der Waals surface area (Å²) >= 11 is 0. The second-order valence-corrected chi connectivity index (χ2v) is 9.94. The molecular weight excluding hydrogens is 456 g/mol. The lowest BCUT2D eigenvalue weighted by Gasteiger charge is -2.37. The van der Waals surface area contributed by atoms with Crippen LogP contribution in [0.25, 0.3) is 0 Å². The summed E-state index contributed by atoms with van der Waals surface area (Å²) in [5, 5.41) is 14.6. The summed E-state index contributed by atoms with van der Waals surface area (Å²) in [6.07, 6.45) is 5.79. The standard InChI is InChI=1S/C29H30N2O5/c1-18-26(29(33)36-23-10-6-3-7-11-23)27(20-12-14-22(15-13-20)31(34)35)28-24(30-18)16-21(17-25(28)32)19-8-4-2-5-9-19/h2,4-5,8-9,12-15,21,23,27,30H,3,6-7,10-11,16-17H2,1H3/t21-,27-/m1/s1. The molecule has 1 saturated carbocycles. The maximum absolute atomic E-state index is 13.7. The first-order valence-electron chi connectivity index (χ1n) is 12.7. The van der Waals surface area contributed by atoms with Gasteiger partial charge in [0.15, 0.2) is 5.78 Å². The van der Waals surface area contributed by atoms with E-state index in [-0.39, 0.29) is 23.5 Å². The first-order valence-corrected chi connectivity index (χ1v) is 12.7. The number of esters is 1. The zero-order valence-electron chi connectivity index (χ0n) is 20.4. The minimum Gasteiger partial charge on any atom is -0.459 e. The van der Waals surface area contributed by atoms with Gasteiger partial charge >= 0.3 is 5.97 Å². The number of carbonyl (C=O) groups is 2. The largest absolute Gasteiger partial charge is 0.459 e. The third kappa shape index (κ3) is 4.70. The lowest BCUT2D eigenvalue weighted by atomic mass is 9.71. The van der Waals surface area contributed by atoms with E-state index in [1.54, 1.807) is 12.1 Å². The number of allylic oxidation sites excluding steroid dienone is 3. The molecule has 7 heteroatoms. The summed E-state index contributed by atoms with van der Waals surface area (Å²) in [5.41, 5.74) is 4.21. The number of nitrogens with one attached hydrogen (secondary N) is 1. The summed E-state index contributed by atoms with van der Waals surface area (Å²) in [6.45, 7) is 1.84. The highest BCUT2D eigenvalue weighted by Gasteiger charge is 2.42. The van der Waals surface area contributed by atoms with Gasteiger partial charge in [-0.25, -0.2) is 4.79 Å². The second kappa shape index (κ2) is 10.1. The van der Waals surface area contributed by atoms with Gasteiger partial charge in [0.1, 0.15) is 6.10 Å². The van der Waals surface area contributed by atoms with Crippen molar-refractivity contribution in [3.8, 4) is 0 Å². The number of nitro benzene ring substituents is 1. The number of Topliss-reactive ketones (excluding diaryl/α,β-unsaturated/α-hetero) is 1. The van der Waals surface area contributed by atoms with Crippen molar-refractivity contribution in [3.63, 3.8) is 0 Å². The molecule has 0 aromatic heterocycles. The minimum absolute atomic E-state index is 0.0172. The number of ketones is 1. The summed E-state index contributed by atoms with van der Waals surface area (Å²) < 4.78 is 5.94. The average molecular weight is 487 g/mol. The number of nitro groups is 1. The fourth-order valence-corrected chi connectivity index (χ4v) is 5.79. The van der Waals surface area contributed by atoms with Crippen molar-refractivity contribution in [2.75, 3.05) is 0 Å². The number of non-ortho nitro benzene ring substituents is 1. The van der Waals surface area contributed by atoms with E-state index < -0.39 is 16.8 Å². The van der Waals surface area contributed by atoms with E-state index in [2.05, 4.69) is 5.32 Å². The van der Waals surface area contributed by atoms with Gasteiger partial charge in [0.25, 0.3) is 5.69 Å². The molecule has 1 heterocycles. The lowest BCUT2D eigenvalue weighted by molar-refractivity contribution is -0.384. The first-order chi connectivity index (χ1) is 17.4. The van der Waals surface area contributed by atoms with Gasteiger partial charge in [0, 0.05) is 41.4 Å². The zero-order chi connectivity index (χ0) is 25.2. The quantitative estimate of drug-likeness (QED) is 0.324. The van der Waals surface area contributed by atoms with E-state index >= 15 is 0 Å². The number of dihydropyridines is 1. The van der Waals surface area contributed by atoms with Crippen LogP contribution >= 0.6 is 0 Å². The highest BCUT2D eigenvalue weighted by Crippen LogP contribution is 2.46. The van der Waals surface area contributed by atoms with Crippen molar-refractivity contribution in [2.24, 2.45) is 0 Å². The summed E-state index contributed by atoms with van der Waals surface area (Å²) in [4.78, 5) is 38.0. The van der Waals surface area contributed by atoms with E-state index in [0.717, 1.165) is 43.4 Å². The van der Waals surface area contributed by atoms with Crippen LogP contribution in [0.4, 0.5) is 5.69 Å². The Bertz CT molecular complexity index is 1240. The average Bonchev–Trinajstić information content (AvgIpc) is 2.89. The Hall–Kier alpha value is -3.74. The number of hydrogen-bond acceptors (Lipinski definition) is 6. The molecule has 0 radical (unpaired) electrons. The van der Waals surface area contributed by atoms with Crippen molar-refractivity contribution in [2.45, 2.75) is 69.8 Å². The molecule has 5 rings (SSSR count). The maximum Gasteiger partial charge on any atom is 0.337 e. The maximum atomic E-state index is 13.7. The molecule has 0 bridgehead atoms. The first kappa shape index (κ1) is 24.0. The van der Waals surface area contributed by atoms with Gasteiger partial charge in [-0.1, -0.05) is 48.9 Å². The molecule has 7 nitrogen and oxygen atoms in total. The number of benzene rings is 2. The molecule has 2 aliphatic carbocycles. The molecule has 2 aromatic carbocycles. The van der Waals surface area contributed by atoms with Crippen LogP contribution in [0.15, 0.2) is 77.1 Å². The monoisotopic (exact) mass is 486 g/mol. The zero-order valence-corrected chi connectivity index (χ0v) is 20.4. The third-order valence-electron chi connectivity index (χ3n) is 7.58. The van der Waals surface area contributed by atoms with Crippen LogP contribution in [0.3, 0.4) is 0 Å². The molecule has 1 fully saturated rings. The molecule has 1 N–H and O–H groups in total. The fraction of sp³-hybridized carbons (Fsp3) is 0.379. The van der Waals surface area contributed by atoms with Crippen LogP contribution in [0.1, 0.15) is 74.8 Å². The molecule has 0 unspecified atom stereocenters. The molecule has 0 spiro atoms. The number of hydrogen-bond donors (Lipinski definition) is 1. The normalized spacial score (nSPS) is 22.6. The third-order valence-corrected chi connectivity index (χ3v) is 7.58. The van der Waals surface area contributed by atoms with Crippen molar-refractivity contribution in [1.82, 2.24) is 5.32 Å². The molecule has 0 saturated heterocycles. The van der Waals surface area contributed by atoms with E-state index in [1.165, 1.54) is 12.1 Å². The lowest BCUT2D eigenvalue weighted by Crippen LogP contribution is -2.37. The van der Waals surface area contributed by atoms with E-state index in [9.17, 15) is 19.7 Å². The van der Waals surface area contributed by atoms with Crippen LogP contribution in [0.2, 0.25) is 0 Å². The van der Waals surface area contributed by atoms with Crippen molar-refractivity contribution < 1.29 is 19.2 Å². The molecule has 186 valence electrons. The highest BCUT2D eigenvalue weighted by atomic mass is 16.6. The SMILES string of the molecule is CC1=C(C(=O)OC2CCCCC2)[C@@H](c2ccc([N+](=O)[O-])cc2)C2=C(C[C@@H](c3ccccc3)CC2=O)N1. The van der Waals surface area contributed by atoms with Crippen LogP contribution in [0, 0.1) is 10.1 Å². The van der Waals surface area contributed by atoms with Crippen molar-refractivity contribution in [3.05, 3.63) is 98.4 Å². The smallest absolute Gasteiger partial charge is 0.337 e. The van der Waals surface area contributed by atoms with Crippen molar-refractivity contribution in [1.29, 1.82) is 0 Å². The van der Waals surface area contributed by atoms with Gasteiger partial charge in [0.05, 0.1) is 10.5 Å². The Morgan fingerprint density at radius 1 is 0.972 bits per heavy atom. The number of nitrogens with zero attached hydrogens (tertiary/aromatic N) is 1. The molecular formula is C29H30N2O5. The van der Waals surface area contributed by atoms with Gasteiger partial charge in [-0.15, -0.1) is 0 Å². The number of rotatable bonds is 5. The summed E-state index contributed by atoms with van der Waals surface area (Å²) in [5.74, 6) is -1.01. The molecule has 2 atom stereocenters. The molecule has 2 aromatic rings. The summed E-state index contributed by atoms with van der Waals surface area (Å²) in [6, 6.07) is 16.1. The van der Waals surface area contributed by atoms with Gasteiger partial charge in [-0.05, 0) is 56.1 Å². The second-order valence-electron chi connectivity index (χ2n) is 9.94. The number of ether oxygens (including phenoxy) is 1. The number of carbonyl (C=O) groups excluding carboxylic acids is 2. The van der Waals surface area contributed by atoms with E-state index in [0.29, 0.717) is 35.2 Å². The van der Waals surface area contributed by atoms with E-state index in [4.69, 9.17) is 4.74 Å². The minimum atomic E-state index is -0.623. The predicted octanol–water partition coefficient (Wildman–Crippen LogP) is 5.83. The van der Waals surface area contributed by atoms with Crippen LogP contribution in [0.5, 0.6) is 0 Å². The topological polar surface area (TPSA) is 98.5 Å². The van der Waals surface area contributed by atoms with Crippen LogP contribution < -0.4 is 5.32 Å². The Labute approximate surface area is 210 Å². The molecule has 3 aliphatic rings. The highest BCUT2D eigenvalue weighted by molar-refractivity contribution is 6.04. The molecule has 0 amide bonds. The van der Waals surface area contributed by atoms with Crippen molar-refractivity contribution >= 4 is 17.4 Å². The Morgan fingerprint density at radius 3 is 2.33 bits per heavy atom.